The molecule has 134 valence electrons. The number of aromatic carboxylic acids is 1. The number of unbranched alkanes of at least 4 members (excludes halogenated alkanes) is 1. The molecular weight excluding hydrogens is 332 g/mol. The second-order valence-corrected chi connectivity index (χ2v) is 6.08. The summed E-state index contributed by atoms with van der Waals surface area (Å²) in [5, 5.41) is 9.81. The number of fused-ring (bicyclic) bond motifs is 1. The molecule has 0 bridgehead atoms. The van der Waals surface area contributed by atoms with E-state index in [9.17, 15) is 14.7 Å². The van der Waals surface area contributed by atoms with Gasteiger partial charge in [0.15, 0.2) is 5.78 Å². The Kier molecular flexibility index (Phi) is 5.07. The molecule has 0 amide bonds. The molecule has 0 aliphatic carbocycles. The van der Waals surface area contributed by atoms with Crippen molar-refractivity contribution in [3.8, 4) is 5.75 Å². The van der Waals surface area contributed by atoms with Crippen molar-refractivity contribution in [3.05, 3.63) is 64.9 Å². The molecule has 2 aromatic carbocycles. The molecule has 3 aromatic rings. The van der Waals surface area contributed by atoms with Crippen molar-refractivity contribution < 1.29 is 23.8 Å². The van der Waals surface area contributed by atoms with Crippen molar-refractivity contribution >= 4 is 22.7 Å². The molecule has 3 rings (SSSR count). The third-order valence-electron chi connectivity index (χ3n) is 4.34. The summed E-state index contributed by atoms with van der Waals surface area (Å²) >= 11 is 0. The van der Waals surface area contributed by atoms with E-state index in [0.717, 1.165) is 12.8 Å². The Balaban J connectivity index is 2.14. The number of methoxy groups -OCH3 is 1. The molecule has 5 heteroatoms. The Morgan fingerprint density at radius 2 is 1.77 bits per heavy atom. The van der Waals surface area contributed by atoms with Crippen molar-refractivity contribution in [1.82, 2.24) is 0 Å². The minimum absolute atomic E-state index is 0.129. The van der Waals surface area contributed by atoms with E-state index in [1.54, 1.807) is 37.4 Å². The van der Waals surface area contributed by atoms with Gasteiger partial charge in [0.05, 0.1) is 18.2 Å². The Labute approximate surface area is 151 Å². The predicted molar refractivity (Wildman–Crippen MR) is 98.2 cm³/mol. The molecule has 0 saturated carbocycles. The van der Waals surface area contributed by atoms with Crippen LogP contribution < -0.4 is 4.74 Å². The van der Waals surface area contributed by atoms with Crippen LogP contribution >= 0.6 is 0 Å². The van der Waals surface area contributed by atoms with Crippen molar-refractivity contribution in [1.29, 1.82) is 0 Å². The van der Waals surface area contributed by atoms with Crippen LogP contribution in [0, 0.1) is 0 Å². The fourth-order valence-corrected chi connectivity index (χ4v) is 2.93. The first-order valence-corrected chi connectivity index (χ1v) is 8.52. The van der Waals surface area contributed by atoms with E-state index in [1.807, 2.05) is 0 Å². The van der Waals surface area contributed by atoms with Gasteiger partial charge in [0, 0.05) is 17.4 Å². The number of carbonyl (C=O) groups is 2. The lowest BCUT2D eigenvalue weighted by Crippen LogP contribution is -2.04. The average Bonchev–Trinajstić information content (AvgIpc) is 3.03. The van der Waals surface area contributed by atoms with Gasteiger partial charge in [-0.15, -0.1) is 0 Å². The van der Waals surface area contributed by atoms with Gasteiger partial charge in [-0.3, -0.25) is 4.79 Å². The molecule has 26 heavy (non-hydrogen) atoms. The van der Waals surface area contributed by atoms with E-state index in [1.165, 1.54) is 12.1 Å². The van der Waals surface area contributed by atoms with Crippen LogP contribution in [0.4, 0.5) is 0 Å². The van der Waals surface area contributed by atoms with Crippen molar-refractivity contribution in [3.63, 3.8) is 0 Å². The van der Waals surface area contributed by atoms with Gasteiger partial charge < -0.3 is 14.3 Å². The molecule has 0 aliphatic rings. The Bertz CT molecular complexity index is 950. The Hall–Kier alpha value is -3.08. The topological polar surface area (TPSA) is 76.7 Å². The lowest BCUT2D eigenvalue weighted by molar-refractivity contribution is 0.0696. The quantitative estimate of drug-likeness (QED) is 0.623. The summed E-state index contributed by atoms with van der Waals surface area (Å²) in [4.78, 5) is 24.5. The van der Waals surface area contributed by atoms with Crippen LogP contribution in [0.25, 0.3) is 11.0 Å². The van der Waals surface area contributed by atoms with Gasteiger partial charge in [-0.25, -0.2) is 4.79 Å². The van der Waals surface area contributed by atoms with Gasteiger partial charge in [-0.1, -0.05) is 13.3 Å². The predicted octanol–water partition coefficient (Wildman–Crippen LogP) is 4.71. The monoisotopic (exact) mass is 352 g/mol. The number of ketones is 1. The van der Waals surface area contributed by atoms with Crippen LogP contribution in [-0.4, -0.2) is 24.0 Å². The number of carboxylic acids is 1. The number of hydrogen-bond donors (Lipinski definition) is 1. The van der Waals surface area contributed by atoms with Crippen LogP contribution in [-0.2, 0) is 6.42 Å². The number of ether oxygens (including phenoxy) is 1. The van der Waals surface area contributed by atoms with E-state index in [-0.39, 0.29) is 11.3 Å². The molecule has 0 saturated heterocycles. The number of hydrogen-bond acceptors (Lipinski definition) is 4. The van der Waals surface area contributed by atoms with Crippen LogP contribution in [0.5, 0.6) is 5.75 Å². The largest absolute Gasteiger partial charge is 0.497 e. The van der Waals surface area contributed by atoms with Crippen LogP contribution in [0.1, 0.15) is 51.8 Å². The minimum atomic E-state index is -1.04. The maximum Gasteiger partial charge on any atom is 0.335 e. The fourth-order valence-electron chi connectivity index (χ4n) is 2.93. The first-order chi connectivity index (χ1) is 12.5. The van der Waals surface area contributed by atoms with Gasteiger partial charge in [0.25, 0.3) is 0 Å². The van der Waals surface area contributed by atoms with Gasteiger partial charge in [-0.2, -0.15) is 0 Å². The molecule has 5 nitrogen and oxygen atoms in total. The summed E-state index contributed by atoms with van der Waals surface area (Å²) < 4.78 is 11.0. The SMILES string of the molecule is CCCCc1oc2ccc(C(=O)O)cc2c1C(=O)c1ccc(OC)cc1. The molecule has 1 heterocycles. The third-order valence-corrected chi connectivity index (χ3v) is 4.34. The smallest absolute Gasteiger partial charge is 0.335 e. The number of carbonyl (C=O) groups excluding carboxylic acids is 1. The first-order valence-electron chi connectivity index (χ1n) is 8.52. The van der Waals surface area contributed by atoms with E-state index >= 15 is 0 Å². The minimum Gasteiger partial charge on any atom is -0.497 e. The summed E-state index contributed by atoms with van der Waals surface area (Å²) in [5.41, 5.74) is 1.61. The number of furan rings is 1. The van der Waals surface area contributed by atoms with E-state index in [2.05, 4.69) is 6.92 Å². The van der Waals surface area contributed by atoms with Gasteiger partial charge in [0.1, 0.15) is 17.1 Å². The maximum atomic E-state index is 13.1. The highest BCUT2D eigenvalue weighted by molar-refractivity contribution is 6.17. The molecule has 1 N–H and O–H groups in total. The van der Waals surface area contributed by atoms with Gasteiger partial charge >= 0.3 is 5.97 Å². The molecule has 1 aromatic heterocycles. The summed E-state index contributed by atoms with van der Waals surface area (Å²) in [6.45, 7) is 2.07. The zero-order chi connectivity index (χ0) is 18.7. The zero-order valence-electron chi connectivity index (χ0n) is 14.7. The lowest BCUT2D eigenvalue weighted by atomic mass is 9.97. The van der Waals surface area contributed by atoms with Crippen molar-refractivity contribution in [2.24, 2.45) is 0 Å². The number of carboxylic acid groups (broad SMARTS) is 1. The van der Waals surface area contributed by atoms with E-state index < -0.39 is 5.97 Å². The molecule has 0 unspecified atom stereocenters. The number of benzene rings is 2. The molecular formula is C21H20O5. The van der Waals surface area contributed by atoms with Crippen LogP contribution in [0.3, 0.4) is 0 Å². The molecule has 0 fully saturated rings. The maximum absolute atomic E-state index is 13.1. The standard InChI is InChI=1S/C21H20O5/c1-3-4-5-18-19(20(22)13-6-9-15(25-2)10-7-13)16-12-14(21(23)24)8-11-17(16)26-18/h6-12H,3-5H2,1-2H3,(H,23,24). The van der Waals surface area contributed by atoms with Crippen LogP contribution in [0.15, 0.2) is 46.9 Å². The summed E-state index contributed by atoms with van der Waals surface area (Å²) in [6.07, 6.45) is 2.48. The fraction of sp³-hybridized carbons (Fsp3) is 0.238. The Morgan fingerprint density at radius 1 is 1.08 bits per heavy atom. The highest BCUT2D eigenvalue weighted by Crippen LogP contribution is 2.30. The molecule has 0 atom stereocenters. The second kappa shape index (κ2) is 7.44. The normalized spacial score (nSPS) is 10.8. The Morgan fingerprint density at radius 3 is 2.38 bits per heavy atom. The zero-order valence-corrected chi connectivity index (χ0v) is 14.7. The highest BCUT2D eigenvalue weighted by Gasteiger charge is 2.22. The first kappa shape index (κ1) is 17.7. The highest BCUT2D eigenvalue weighted by atomic mass is 16.5. The molecule has 0 radical (unpaired) electrons. The summed E-state index contributed by atoms with van der Waals surface area (Å²) in [5.74, 6) is 0.0503. The van der Waals surface area contributed by atoms with Crippen molar-refractivity contribution in [2.45, 2.75) is 26.2 Å². The number of rotatable bonds is 7. The third kappa shape index (κ3) is 3.33. The average molecular weight is 352 g/mol. The summed E-state index contributed by atoms with van der Waals surface area (Å²) in [6, 6.07) is 11.5. The molecule has 0 aliphatic heterocycles. The van der Waals surface area contributed by atoms with E-state index in [4.69, 9.17) is 9.15 Å². The number of aryl methyl sites for hydroxylation is 1. The lowest BCUT2D eigenvalue weighted by Gasteiger charge is -2.05. The second-order valence-electron chi connectivity index (χ2n) is 6.08. The van der Waals surface area contributed by atoms with Gasteiger partial charge in [0.2, 0.25) is 0 Å². The van der Waals surface area contributed by atoms with Gasteiger partial charge in [-0.05, 0) is 48.9 Å². The van der Waals surface area contributed by atoms with Crippen molar-refractivity contribution in [2.75, 3.05) is 7.11 Å². The molecule has 0 spiro atoms. The van der Waals surface area contributed by atoms with E-state index in [0.29, 0.717) is 40.0 Å². The summed E-state index contributed by atoms with van der Waals surface area (Å²) in [7, 11) is 1.57. The van der Waals surface area contributed by atoms with Crippen LogP contribution in [0.2, 0.25) is 0 Å².